The summed E-state index contributed by atoms with van der Waals surface area (Å²) >= 11 is 5.95. The summed E-state index contributed by atoms with van der Waals surface area (Å²) < 4.78 is 7.24. The number of esters is 1. The van der Waals surface area contributed by atoms with Gasteiger partial charge in [-0.1, -0.05) is 6.92 Å². The first kappa shape index (κ1) is 17.5. The van der Waals surface area contributed by atoms with E-state index in [1.165, 1.54) is 0 Å². The summed E-state index contributed by atoms with van der Waals surface area (Å²) in [6, 6.07) is 0. The van der Waals surface area contributed by atoms with Crippen molar-refractivity contribution in [2.24, 2.45) is 11.3 Å². The van der Waals surface area contributed by atoms with E-state index in [0.29, 0.717) is 30.1 Å². The maximum Gasteiger partial charge on any atom is 0.311 e. The maximum atomic E-state index is 11.8. The van der Waals surface area contributed by atoms with E-state index in [1.54, 1.807) is 13.4 Å². The summed E-state index contributed by atoms with van der Waals surface area (Å²) in [5.74, 6) is 0.499. The fourth-order valence-corrected chi connectivity index (χ4v) is 2.21. The van der Waals surface area contributed by atoms with E-state index < -0.39 is 5.41 Å². The number of anilines is 1. The van der Waals surface area contributed by atoms with Crippen molar-refractivity contribution in [2.75, 3.05) is 19.0 Å². The highest BCUT2D eigenvalue weighted by Crippen LogP contribution is 2.21. The third-order valence-electron chi connectivity index (χ3n) is 3.29. The number of ether oxygens (including phenoxy) is 1. The van der Waals surface area contributed by atoms with Crippen LogP contribution in [0.1, 0.15) is 27.7 Å². The van der Waals surface area contributed by atoms with Crippen molar-refractivity contribution in [3.05, 3.63) is 11.6 Å². The topological polar surface area (TPSA) is 81.9 Å². The van der Waals surface area contributed by atoms with Gasteiger partial charge in [-0.3, -0.25) is 4.79 Å². The van der Waals surface area contributed by atoms with Crippen LogP contribution in [-0.4, -0.2) is 39.1 Å². The number of carbonyl (C=O) groups excluding carboxylic acids is 1. The highest BCUT2D eigenvalue weighted by atomic mass is 35.5. The van der Waals surface area contributed by atoms with Crippen LogP contribution < -0.4 is 5.32 Å². The first-order chi connectivity index (χ1) is 10.7. The Morgan fingerprint density at radius 3 is 2.74 bits per heavy atom. The molecule has 1 unspecified atom stereocenters. The molecule has 2 aromatic heterocycles. The molecule has 0 spiro atoms. The minimum atomic E-state index is -0.496. The molecule has 0 aliphatic heterocycles. The van der Waals surface area contributed by atoms with Gasteiger partial charge in [0.2, 0.25) is 5.28 Å². The van der Waals surface area contributed by atoms with Gasteiger partial charge < -0.3 is 14.6 Å². The minimum Gasteiger partial charge on any atom is -0.465 e. The molecule has 0 fully saturated rings. The van der Waals surface area contributed by atoms with Crippen LogP contribution in [0.15, 0.2) is 6.33 Å². The molecule has 0 aliphatic carbocycles. The number of halogens is 1. The summed E-state index contributed by atoms with van der Waals surface area (Å²) in [7, 11) is 1.76. The Morgan fingerprint density at radius 2 is 2.13 bits per heavy atom. The number of imidazole rings is 1. The van der Waals surface area contributed by atoms with E-state index in [2.05, 4.69) is 20.3 Å². The molecule has 0 saturated carbocycles. The quantitative estimate of drug-likeness (QED) is 0.666. The molecule has 1 N–H and O–H groups in total. The average molecular weight is 340 g/mol. The molecule has 0 bridgehead atoms. The van der Waals surface area contributed by atoms with E-state index in [1.807, 2.05) is 32.3 Å². The van der Waals surface area contributed by atoms with Crippen molar-refractivity contribution in [1.29, 1.82) is 0 Å². The van der Waals surface area contributed by atoms with Gasteiger partial charge in [0.05, 0.1) is 18.3 Å². The smallest absolute Gasteiger partial charge is 0.311 e. The molecule has 23 heavy (non-hydrogen) atoms. The van der Waals surface area contributed by atoms with Crippen molar-refractivity contribution in [2.45, 2.75) is 34.2 Å². The highest BCUT2D eigenvalue weighted by Gasteiger charge is 2.23. The highest BCUT2D eigenvalue weighted by molar-refractivity contribution is 6.28. The Balaban J connectivity index is 2.10. The molecule has 0 radical (unpaired) electrons. The number of hydrogen-bond donors (Lipinski definition) is 1. The van der Waals surface area contributed by atoms with Crippen molar-refractivity contribution in [3.63, 3.8) is 0 Å². The van der Waals surface area contributed by atoms with Crippen molar-refractivity contribution in [3.8, 4) is 0 Å². The van der Waals surface area contributed by atoms with Crippen LogP contribution in [0.5, 0.6) is 0 Å². The third kappa shape index (κ3) is 4.10. The lowest BCUT2D eigenvalue weighted by Gasteiger charge is -2.19. The Morgan fingerprint density at radius 1 is 1.43 bits per heavy atom. The normalized spacial score (nSPS) is 13.1. The van der Waals surface area contributed by atoms with Crippen molar-refractivity contribution < 1.29 is 9.53 Å². The van der Waals surface area contributed by atoms with Crippen LogP contribution in [0.3, 0.4) is 0 Å². The van der Waals surface area contributed by atoms with Crippen LogP contribution in [-0.2, 0) is 16.1 Å². The standard InChI is InChI=1S/C15H22ClN5O2/c1-9(7-23-13(22)15(2,3)4)6-21-8-18-10-11(17-5)19-14(16)20-12(10)21/h8-9H,6-7H2,1-5H3,(H,17,19,20). The van der Waals surface area contributed by atoms with Crippen LogP contribution in [0.4, 0.5) is 5.82 Å². The fourth-order valence-electron chi connectivity index (χ4n) is 2.05. The monoisotopic (exact) mass is 339 g/mol. The summed E-state index contributed by atoms with van der Waals surface area (Å²) in [5, 5.41) is 3.12. The van der Waals surface area contributed by atoms with E-state index in [9.17, 15) is 4.79 Å². The largest absolute Gasteiger partial charge is 0.465 e. The second-order valence-corrected chi connectivity index (χ2v) is 6.95. The Labute approximate surface area is 140 Å². The van der Waals surface area contributed by atoms with E-state index in [0.717, 1.165) is 0 Å². The van der Waals surface area contributed by atoms with E-state index in [4.69, 9.17) is 16.3 Å². The average Bonchev–Trinajstić information content (AvgIpc) is 2.85. The Hall–Kier alpha value is -1.89. The number of rotatable bonds is 5. The second-order valence-electron chi connectivity index (χ2n) is 6.61. The van der Waals surface area contributed by atoms with Gasteiger partial charge in [-0.15, -0.1) is 0 Å². The number of aromatic nitrogens is 4. The Kier molecular flexibility index (Phi) is 5.09. The lowest BCUT2D eigenvalue weighted by molar-refractivity contribution is -0.154. The molecular weight excluding hydrogens is 318 g/mol. The predicted molar refractivity (Wildman–Crippen MR) is 89.5 cm³/mol. The van der Waals surface area contributed by atoms with Crippen molar-refractivity contribution >= 4 is 34.6 Å². The molecule has 8 heteroatoms. The molecule has 0 aliphatic rings. The molecule has 2 heterocycles. The number of nitrogens with zero attached hydrogens (tertiary/aromatic N) is 4. The van der Waals surface area contributed by atoms with Crippen LogP contribution in [0.25, 0.3) is 11.2 Å². The fraction of sp³-hybridized carbons (Fsp3) is 0.600. The zero-order valence-corrected chi connectivity index (χ0v) is 14.8. The molecule has 1 atom stereocenters. The van der Waals surface area contributed by atoms with E-state index >= 15 is 0 Å². The zero-order valence-electron chi connectivity index (χ0n) is 14.1. The number of hydrogen-bond acceptors (Lipinski definition) is 6. The maximum absolute atomic E-state index is 11.8. The van der Waals surface area contributed by atoms with Gasteiger partial charge in [-0.05, 0) is 32.4 Å². The van der Waals surface area contributed by atoms with Crippen LogP contribution in [0.2, 0.25) is 5.28 Å². The summed E-state index contributed by atoms with van der Waals surface area (Å²) in [4.78, 5) is 24.5. The second kappa shape index (κ2) is 6.70. The SMILES string of the molecule is CNc1nc(Cl)nc2c1ncn2CC(C)COC(=O)C(C)(C)C. The third-order valence-corrected chi connectivity index (χ3v) is 3.46. The lowest BCUT2D eigenvalue weighted by Crippen LogP contribution is -2.26. The zero-order chi connectivity index (χ0) is 17.2. The molecule has 7 nitrogen and oxygen atoms in total. The van der Waals surface area contributed by atoms with E-state index in [-0.39, 0.29) is 17.2 Å². The first-order valence-electron chi connectivity index (χ1n) is 7.45. The molecule has 0 saturated heterocycles. The number of carbonyl (C=O) groups is 1. The van der Waals surface area contributed by atoms with Crippen molar-refractivity contribution in [1.82, 2.24) is 19.5 Å². The number of fused-ring (bicyclic) bond motifs is 1. The van der Waals surface area contributed by atoms with Gasteiger partial charge in [0.1, 0.15) is 0 Å². The summed E-state index contributed by atoms with van der Waals surface area (Å²) in [6.45, 7) is 8.46. The van der Waals surface area contributed by atoms with Gasteiger partial charge in [-0.2, -0.15) is 9.97 Å². The molecule has 126 valence electrons. The molecular formula is C15H22ClN5O2. The van der Waals surface area contributed by atoms with Gasteiger partial charge in [0.25, 0.3) is 0 Å². The minimum absolute atomic E-state index is 0.116. The van der Waals surface area contributed by atoms with Gasteiger partial charge in [-0.25, -0.2) is 4.98 Å². The van der Waals surface area contributed by atoms with Gasteiger partial charge in [0, 0.05) is 19.5 Å². The molecule has 2 aromatic rings. The van der Waals surface area contributed by atoms with Gasteiger partial charge in [0.15, 0.2) is 17.0 Å². The van der Waals surface area contributed by atoms with Crippen LogP contribution in [0, 0.1) is 11.3 Å². The first-order valence-corrected chi connectivity index (χ1v) is 7.83. The lowest BCUT2D eigenvalue weighted by atomic mass is 9.97. The van der Waals surface area contributed by atoms with Gasteiger partial charge >= 0.3 is 5.97 Å². The Bertz CT molecular complexity index is 708. The molecule has 0 amide bonds. The summed E-state index contributed by atoms with van der Waals surface area (Å²) in [6.07, 6.45) is 1.69. The predicted octanol–water partition coefficient (Wildman–Crippen LogP) is 2.75. The van der Waals surface area contributed by atoms with Crippen LogP contribution >= 0.6 is 11.6 Å². The molecule has 0 aromatic carbocycles. The summed E-state index contributed by atoms with van der Waals surface area (Å²) in [5.41, 5.74) is 0.822. The molecule has 2 rings (SSSR count). The number of nitrogens with one attached hydrogen (secondary N) is 1.